The van der Waals surface area contributed by atoms with Crippen LogP contribution in [-0.2, 0) is 13.0 Å². The molecule has 132 valence electrons. The summed E-state index contributed by atoms with van der Waals surface area (Å²) in [6, 6.07) is 18.7. The van der Waals surface area contributed by atoms with Crippen LogP contribution in [0.15, 0.2) is 60.8 Å². The molecule has 2 heterocycles. The van der Waals surface area contributed by atoms with Crippen molar-refractivity contribution in [2.75, 3.05) is 17.3 Å². The third-order valence-electron chi connectivity index (χ3n) is 4.72. The maximum Gasteiger partial charge on any atom is 0.232 e. The number of nitrogens with zero attached hydrogens (tertiary/aromatic N) is 3. The Balaban J connectivity index is 1.56. The molecule has 0 saturated carbocycles. The van der Waals surface area contributed by atoms with E-state index in [-0.39, 0.29) is 0 Å². The minimum Gasteiger partial charge on any atom is -0.496 e. The van der Waals surface area contributed by atoms with Crippen molar-refractivity contribution in [3.05, 3.63) is 71.9 Å². The van der Waals surface area contributed by atoms with Crippen molar-refractivity contribution < 1.29 is 4.74 Å². The molecule has 5 heteroatoms. The van der Waals surface area contributed by atoms with Crippen molar-refractivity contribution >= 4 is 17.5 Å². The predicted molar refractivity (Wildman–Crippen MR) is 104 cm³/mol. The molecule has 0 aliphatic carbocycles. The first-order valence-electron chi connectivity index (χ1n) is 8.82. The Morgan fingerprint density at radius 3 is 2.81 bits per heavy atom. The van der Waals surface area contributed by atoms with E-state index in [1.54, 1.807) is 13.3 Å². The van der Waals surface area contributed by atoms with E-state index in [1.165, 1.54) is 11.3 Å². The summed E-state index contributed by atoms with van der Waals surface area (Å²) < 4.78 is 5.41. The highest BCUT2D eigenvalue weighted by Gasteiger charge is 2.28. The number of benzene rings is 2. The van der Waals surface area contributed by atoms with E-state index in [2.05, 4.69) is 46.4 Å². The number of aromatic nitrogens is 2. The molecule has 0 spiro atoms. The smallest absolute Gasteiger partial charge is 0.232 e. The molecule has 0 amide bonds. The minimum atomic E-state index is 0.344. The summed E-state index contributed by atoms with van der Waals surface area (Å²) in [6.45, 7) is 2.85. The van der Waals surface area contributed by atoms with Crippen LogP contribution in [0.25, 0.3) is 0 Å². The molecule has 1 atom stereocenters. The van der Waals surface area contributed by atoms with Crippen LogP contribution >= 0.6 is 0 Å². The zero-order chi connectivity index (χ0) is 17.9. The van der Waals surface area contributed by atoms with Gasteiger partial charge in [-0.3, -0.25) is 0 Å². The normalized spacial score (nSPS) is 15.6. The second kappa shape index (κ2) is 7.04. The second-order valence-corrected chi connectivity index (χ2v) is 6.46. The van der Waals surface area contributed by atoms with Gasteiger partial charge in [-0.15, -0.1) is 0 Å². The van der Waals surface area contributed by atoms with Crippen LogP contribution in [0.4, 0.5) is 17.5 Å². The van der Waals surface area contributed by atoms with Crippen LogP contribution in [-0.4, -0.2) is 23.1 Å². The summed E-state index contributed by atoms with van der Waals surface area (Å²) in [4.78, 5) is 11.5. The van der Waals surface area contributed by atoms with Gasteiger partial charge in [0.1, 0.15) is 11.6 Å². The zero-order valence-electron chi connectivity index (χ0n) is 15.0. The Labute approximate surface area is 153 Å². The quantitative estimate of drug-likeness (QED) is 0.751. The number of para-hydroxylation sites is 2. The molecule has 0 fully saturated rings. The van der Waals surface area contributed by atoms with Gasteiger partial charge in [-0.25, -0.2) is 4.98 Å². The molecule has 1 N–H and O–H groups in total. The van der Waals surface area contributed by atoms with E-state index >= 15 is 0 Å². The Bertz CT molecular complexity index is 912. The highest BCUT2D eigenvalue weighted by atomic mass is 16.5. The molecule has 2 aromatic carbocycles. The van der Waals surface area contributed by atoms with E-state index in [4.69, 9.17) is 9.72 Å². The lowest BCUT2D eigenvalue weighted by atomic mass is 10.1. The maximum absolute atomic E-state index is 5.41. The van der Waals surface area contributed by atoms with E-state index < -0.39 is 0 Å². The monoisotopic (exact) mass is 346 g/mol. The van der Waals surface area contributed by atoms with Gasteiger partial charge in [0, 0.05) is 30.0 Å². The molecule has 1 aliphatic heterocycles. The Kier molecular flexibility index (Phi) is 4.44. The first-order valence-corrected chi connectivity index (χ1v) is 8.82. The van der Waals surface area contributed by atoms with E-state index in [9.17, 15) is 0 Å². The lowest BCUT2D eigenvalue weighted by Gasteiger charge is -2.23. The average molecular weight is 346 g/mol. The van der Waals surface area contributed by atoms with Gasteiger partial charge in [-0.05, 0) is 37.1 Å². The van der Waals surface area contributed by atoms with Crippen molar-refractivity contribution in [2.45, 2.75) is 25.9 Å². The third-order valence-corrected chi connectivity index (χ3v) is 4.72. The summed E-state index contributed by atoms with van der Waals surface area (Å²) in [5.41, 5.74) is 3.63. The summed E-state index contributed by atoms with van der Waals surface area (Å²) in [5.74, 6) is 2.40. The highest BCUT2D eigenvalue weighted by molar-refractivity contribution is 5.67. The van der Waals surface area contributed by atoms with E-state index in [0.29, 0.717) is 12.6 Å². The molecule has 4 rings (SSSR count). The molecule has 3 aromatic rings. The van der Waals surface area contributed by atoms with Gasteiger partial charge in [0.2, 0.25) is 5.95 Å². The summed E-state index contributed by atoms with van der Waals surface area (Å²) in [5, 5.41) is 3.38. The van der Waals surface area contributed by atoms with Crippen molar-refractivity contribution in [3.63, 3.8) is 0 Å². The summed E-state index contributed by atoms with van der Waals surface area (Å²) in [6.07, 6.45) is 2.82. The van der Waals surface area contributed by atoms with Gasteiger partial charge in [0.25, 0.3) is 0 Å². The van der Waals surface area contributed by atoms with E-state index in [1.807, 2.05) is 30.3 Å². The lowest BCUT2D eigenvalue weighted by molar-refractivity contribution is 0.410. The lowest BCUT2D eigenvalue weighted by Crippen LogP contribution is -2.26. The highest BCUT2D eigenvalue weighted by Crippen LogP contribution is 2.36. The number of rotatable bonds is 5. The zero-order valence-corrected chi connectivity index (χ0v) is 15.0. The van der Waals surface area contributed by atoms with Gasteiger partial charge in [0.15, 0.2) is 0 Å². The molecule has 1 unspecified atom stereocenters. The molecule has 1 aliphatic rings. The van der Waals surface area contributed by atoms with Crippen LogP contribution < -0.4 is 15.0 Å². The molecular formula is C21H22N4O. The Hall–Kier alpha value is -3.08. The third kappa shape index (κ3) is 3.08. The van der Waals surface area contributed by atoms with Crippen LogP contribution in [0.5, 0.6) is 5.75 Å². The number of nitrogens with one attached hydrogen (secondary N) is 1. The van der Waals surface area contributed by atoms with Gasteiger partial charge in [-0.2, -0.15) is 4.98 Å². The number of hydrogen-bond acceptors (Lipinski definition) is 5. The largest absolute Gasteiger partial charge is 0.496 e. The molecular weight excluding hydrogens is 324 g/mol. The average Bonchev–Trinajstić information content (AvgIpc) is 3.02. The van der Waals surface area contributed by atoms with Crippen LogP contribution in [0.1, 0.15) is 18.1 Å². The first-order chi connectivity index (χ1) is 12.8. The fourth-order valence-corrected chi connectivity index (χ4v) is 3.47. The Morgan fingerprint density at radius 1 is 1.12 bits per heavy atom. The fraction of sp³-hybridized carbons (Fsp3) is 0.238. The van der Waals surface area contributed by atoms with E-state index in [0.717, 1.165) is 29.5 Å². The van der Waals surface area contributed by atoms with Crippen molar-refractivity contribution in [1.29, 1.82) is 0 Å². The Morgan fingerprint density at radius 2 is 1.92 bits per heavy atom. The molecule has 0 saturated heterocycles. The van der Waals surface area contributed by atoms with Crippen LogP contribution in [0.3, 0.4) is 0 Å². The number of methoxy groups -OCH3 is 1. The number of hydrogen-bond donors (Lipinski definition) is 1. The SMILES string of the molecule is COc1ccccc1CNc1ccnc(N2c3ccccc3CC2C)n1. The summed E-state index contributed by atoms with van der Waals surface area (Å²) in [7, 11) is 1.69. The molecule has 26 heavy (non-hydrogen) atoms. The second-order valence-electron chi connectivity index (χ2n) is 6.46. The van der Waals surface area contributed by atoms with Gasteiger partial charge < -0.3 is 15.0 Å². The van der Waals surface area contributed by atoms with Crippen molar-refractivity contribution in [3.8, 4) is 5.75 Å². The topological polar surface area (TPSA) is 50.3 Å². The van der Waals surface area contributed by atoms with Gasteiger partial charge >= 0.3 is 0 Å². The number of fused-ring (bicyclic) bond motifs is 1. The molecule has 0 bridgehead atoms. The predicted octanol–water partition coefficient (Wildman–Crippen LogP) is 4.18. The van der Waals surface area contributed by atoms with Crippen molar-refractivity contribution in [1.82, 2.24) is 9.97 Å². The van der Waals surface area contributed by atoms with Crippen LogP contribution in [0.2, 0.25) is 0 Å². The fourth-order valence-electron chi connectivity index (χ4n) is 3.47. The molecule has 5 nitrogen and oxygen atoms in total. The van der Waals surface area contributed by atoms with Crippen molar-refractivity contribution in [2.24, 2.45) is 0 Å². The maximum atomic E-state index is 5.41. The molecule has 0 radical (unpaired) electrons. The molecule has 1 aromatic heterocycles. The van der Waals surface area contributed by atoms with Gasteiger partial charge in [0.05, 0.1) is 7.11 Å². The first kappa shape index (κ1) is 16.4. The minimum absolute atomic E-state index is 0.344. The number of ether oxygens (including phenoxy) is 1. The van der Waals surface area contributed by atoms with Gasteiger partial charge in [-0.1, -0.05) is 36.4 Å². The standard InChI is InChI=1S/C21H22N4O/c1-15-13-16-7-3-5-9-18(16)25(15)21-22-12-11-20(24-21)23-14-17-8-4-6-10-19(17)26-2/h3-12,15H,13-14H2,1-2H3,(H,22,23,24). The number of anilines is 3. The summed E-state index contributed by atoms with van der Waals surface area (Å²) >= 11 is 0. The van der Waals surface area contributed by atoms with Crippen LogP contribution in [0, 0.1) is 0 Å².